The number of ether oxygens (including phenoxy) is 1. The van der Waals surface area contributed by atoms with Crippen LogP contribution in [0.4, 0.5) is 0 Å². The number of benzene rings is 1. The summed E-state index contributed by atoms with van der Waals surface area (Å²) >= 11 is 0. The molecule has 0 amide bonds. The summed E-state index contributed by atoms with van der Waals surface area (Å²) < 4.78 is 5.24. The van der Waals surface area contributed by atoms with Crippen LogP contribution in [-0.2, 0) is 11.2 Å². The SMILES string of the molecule is CCOC(C)(O)CCCCc1ccccc1. The maximum atomic E-state index is 9.79. The Labute approximate surface area is 98.3 Å². The van der Waals surface area contributed by atoms with E-state index in [1.807, 2.05) is 13.0 Å². The summed E-state index contributed by atoms with van der Waals surface area (Å²) in [7, 11) is 0. The van der Waals surface area contributed by atoms with E-state index < -0.39 is 5.79 Å². The van der Waals surface area contributed by atoms with Gasteiger partial charge in [0.05, 0.1) is 0 Å². The molecule has 1 unspecified atom stereocenters. The molecule has 1 atom stereocenters. The Balaban J connectivity index is 2.17. The predicted octanol–water partition coefficient (Wildman–Crippen LogP) is 3.14. The van der Waals surface area contributed by atoms with E-state index in [0.717, 1.165) is 19.3 Å². The summed E-state index contributed by atoms with van der Waals surface area (Å²) in [5.74, 6) is -0.953. The van der Waals surface area contributed by atoms with Crippen molar-refractivity contribution in [3.05, 3.63) is 35.9 Å². The van der Waals surface area contributed by atoms with Gasteiger partial charge in [0.1, 0.15) is 0 Å². The van der Waals surface area contributed by atoms with E-state index in [-0.39, 0.29) is 0 Å². The van der Waals surface area contributed by atoms with Crippen molar-refractivity contribution in [1.29, 1.82) is 0 Å². The van der Waals surface area contributed by atoms with Gasteiger partial charge in [0.25, 0.3) is 0 Å². The van der Waals surface area contributed by atoms with E-state index in [0.29, 0.717) is 13.0 Å². The van der Waals surface area contributed by atoms with E-state index in [2.05, 4.69) is 24.3 Å². The lowest BCUT2D eigenvalue weighted by molar-refractivity contribution is -0.191. The van der Waals surface area contributed by atoms with Crippen molar-refractivity contribution in [2.45, 2.75) is 45.3 Å². The highest BCUT2D eigenvalue weighted by molar-refractivity contribution is 5.14. The third-order valence-corrected chi connectivity index (χ3v) is 2.65. The van der Waals surface area contributed by atoms with Crippen LogP contribution in [0.1, 0.15) is 38.7 Å². The highest BCUT2D eigenvalue weighted by atomic mass is 16.6. The van der Waals surface area contributed by atoms with Crippen LogP contribution < -0.4 is 0 Å². The molecular weight excluding hydrogens is 200 g/mol. The summed E-state index contributed by atoms with van der Waals surface area (Å²) in [6, 6.07) is 10.4. The number of hydrogen-bond acceptors (Lipinski definition) is 2. The van der Waals surface area contributed by atoms with Crippen molar-refractivity contribution in [2.75, 3.05) is 6.61 Å². The molecule has 1 aromatic carbocycles. The lowest BCUT2D eigenvalue weighted by atomic mass is 10.0. The Hall–Kier alpha value is -0.860. The van der Waals surface area contributed by atoms with E-state index in [1.165, 1.54) is 5.56 Å². The first kappa shape index (κ1) is 13.2. The van der Waals surface area contributed by atoms with Gasteiger partial charge in [0, 0.05) is 13.0 Å². The van der Waals surface area contributed by atoms with E-state index in [1.54, 1.807) is 6.92 Å². The van der Waals surface area contributed by atoms with Gasteiger partial charge in [-0.2, -0.15) is 0 Å². The van der Waals surface area contributed by atoms with Crippen molar-refractivity contribution in [3.63, 3.8) is 0 Å². The molecule has 16 heavy (non-hydrogen) atoms. The fourth-order valence-electron chi connectivity index (χ4n) is 1.81. The Bertz CT molecular complexity index is 280. The number of aryl methyl sites for hydroxylation is 1. The van der Waals surface area contributed by atoms with Gasteiger partial charge < -0.3 is 9.84 Å². The molecule has 0 bridgehead atoms. The minimum Gasteiger partial charge on any atom is -0.366 e. The van der Waals surface area contributed by atoms with Crippen molar-refractivity contribution in [2.24, 2.45) is 0 Å². The zero-order chi connectivity index (χ0) is 11.9. The molecule has 0 saturated heterocycles. The van der Waals surface area contributed by atoms with Gasteiger partial charge in [-0.1, -0.05) is 30.3 Å². The molecule has 0 spiro atoms. The first-order valence-corrected chi connectivity index (χ1v) is 6.04. The van der Waals surface area contributed by atoms with Gasteiger partial charge in [0.2, 0.25) is 0 Å². The highest BCUT2D eigenvalue weighted by Crippen LogP contribution is 2.16. The van der Waals surface area contributed by atoms with Crippen LogP contribution in [0.15, 0.2) is 30.3 Å². The summed E-state index contributed by atoms with van der Waals surface area (Å²) in [4.78, 5) is 0. The summed E-state index contributed by atoms with van der Waals surface area (Å²) in [5, 5.41) is 9.79. The smallest absolute Gasteiger partial charge is 0.162 e. The molecule has 2 heteroatoms. The standard InChI is InChI=1S/C14H22O2/c1-3-16-14(2,15)12-8-7-11-13-9-5-4-6-10-13/h4-6,9-10,15H,3,7-8,11-12H2,1-2H3. The van der Waals surface area contributed by atoms with Crippen LogP contribution in [0.3, 0.4) is 0 Å². The highest BCUT2D eigenvalue weighted by Gasteiger charge is 2.18. The molecule has 0 aromatic heterocycles. The van der Waals surface area contributed by atoms with Crippen molar-refractivity contribution in [1.82, 2.24) is 0 Å². The molecule has 0 aliphatic rings. The molecule has 1 aromatic rings. The first-order chi connectivity index (χ1) is 7.64. The van der Waals surface area contributed by atoms with E-state index >= 15 is 0 Å². The van der Waals surface area contributed by atoms with E-state index in [4.69, 9.17) is 4.74 Å². The maximum absolute atomic E-state index is 9.79. The largest absolute Gasteiger partial charge is 0.366 e. The molecule has 0 aliphatic heterocycles. The Morgan fingerprint density at radius 3 is 2.50 bits per heavy atom. The van der Waals surface area contributed by atoms with Gasteiger partial charge in [-0.15, -0.1) is 0 Å². The molecule has 1 rings (SSSR count). The second-order valence-electron chi connectivity index (χ2n) is 4.30. The minimum atomic E-state index is -0.953. The van der Waals surface area contributed by atoms with Crippen molar-refractivity contribution < 1.29 is 9.84 Å². The second-order valence-corrected chi connectivity index (χ2v) is 4.30. The average Bonchev–Trinajstić information content (AvgIpc) is 2.26. The van der Waals surface area contributed by atoms with Gasteiger partial charge in [-0.3, -0.25) is 0 Å². The van der Waals surface area contributed by atoms with E-state index in [9.17, 15) is 5.11 Å². The molecule has 0 radical (unpaired) electrons. The quantitative estimate of drug-likeness (QED) is 0.567. The Kier molecular flexibility index (Phi) is 5.50. The predicted molar refractivity (Wildman–Crippen MR) is 66.2 cm³/mol. The number of unbranched alkanes of at least 4 members (excludes halogenated alkanes) is 1. The zero-order valence-corrected chi connectivity index (χ0v) is 10.3. The van der Waals surface area contributed by atoms with Gasteiger partial charge >= 0.3 is 0 Å². The van der Waals surface area contributed by atoms with Crippen molar-refractivity contribution in [3.8, 4) is 0 Å². The summed E-state index contributed by atoms with van der Waals surface area (Å²) in [5.41, 5.74) is 1.36. The van der Waals surface area contributed by atoms with Crippen molar-refractivity contribution >= 4 is 0 Å². The lowest BCUT2D eigenvalue weighted by Crippen LogP contribution is -2.27. The topological polar surface area (TPSA) is 29.5 Å². The number of hydrogen-bond donors (Lipinski definition) is 1. The lowest BCUT2D eigenvalue weighted by Gasteiger charge is -2.22. The monoisotopic (exact) mass is 222 g/mol. The maximum Gasteiger partial charge on any atom is 0.162 e. The third kappa shape index (κ3) is 5.29. The molecule has 0 aliphatic carbocycles. The molecule has 1 N–H and O–H groups in total. The molecular formula is C14H22O2. The molecule has 0 fully saturated rings. The number of rotatable bonds is 7. The van der Waals surface area contributed by atoms with Gasteiger partial charge in [-0.25, -0.2) is 0 Å². The third-order valence-electron chi connectivity index (χ3n) is 2.65. The Morgan fingerprint density at radius 1 is 1.19 bits per heavy atom. The Morgan fingerprint density at radius 2 is 1.88 bits per heavy atom. The summed E-state index contributed by atoms with van der Waals surface area (Å²) in [6.45, 7) is 4.20. The molecule has 0 heterocycles. The van der Waals surface area contributed by atoms with Crippen LogP contribution in [0.25, 0.3) is 0 Å². The van der Waals surface area contributed by atoms with Crippen LogP contribution in [0, 0.1) is 0 Å². The van der Waals surface area contributed by atoms with Crippen LogP contribution in [-0.4, -0.2) is 17.5 Å². The molecule has 2 nitrogen and oxygen atoms in total. The average molecular weight is 222 g/mol. The first-order valence-electron chi connectivity index (χ1n) is 6.04. The van der Waals surface area contributed by atoms with Crippen LogP contribution in [0.5, 0.6) is 0 Å². The fraction of sp³-hybridized carbons (Fsp3) is 0.571. The number of aliphatic hydroxyl groups is 1. The zero-order valence-electron chi connectivity index (χ0n) is 10.3. The molecule has 90 valence electrons. The second kappa shape index (κ2) is 6.66. The minimum absolute atomic E-state index is 0.561. The van der Waals surface area contributed by atoms with Crippen LogP contribution >= 0.6 is 0 Å². The van der Waals surface area contributed by atoms with Gasteiger partial charge in [0.15, 0.2) is 5.79 Å². The normalized spacial score (nSPS) is 14.7. The fourth-order valence-corrected chi connectivity index (χ4v) is 1.81. The summed E-state index contributed by atoms with van der Waals surface area (Å²) in [6.07, 6.45) is 3.85. The van der Waals surface area contributed by atoms with Gasteiger partial charge in [-0.05, 0) is 38.7 Å². The van der Waals surface area contributed by atoms with Crippen LogP contribution in [0.2, 0.25) is 0 Å². The molecule has 0 saturated carbocycles.